The molecule has 5 nitrogen and oxygen atoms in total. The van der Waals surface area contributed by atoms with Gasteiger partial charge in [0.05, 0.1) is 12.7 Å². The summed E-state index contributed by atoms with van der Waals surface area (Å²) in [5.41, 5.74) is 0. The van der Waals surface area contributed by atoms with E-state index in [1.54, 1.807) is 0 Å². The van der Waals surface area contributed by atoms with Crippen LogP contribution >= 0.6 is 25.3 Å². The smallest absolute Gasteiger partial charge is 0.111 e. The van der Waals surface area contributed by atoms with E-state index in [-0.39, 0.29) is 11.2 Å². The molecule has 1 unspecified atom stereocenters. The minimum absolute atomic E-state index is 0.212. The third-order valence-electron chi connectivity index (χ3n) is 4.94. The second-order valence-corrected chi connectivity index (χ2v) is 8.76. The summed E-state index contributed by atoms with van der Waals surface area (Å²) in [7, 11) is 0. The van der Waals surface area contributed by atoms with Gasteiger partial charge in [0.25, 0.3) is 0 Å². The molecule has 0 aromatic heterocycles. The fraction of sp³-hybridized carbons (Fsp3) is 1.00. The molecule has 5 atom stereocenters. The lowest BCUT2D eigenvalue weighted by Gasteiger charge is -2.40. The highest BCUT2D eigenvalue weighted by atomic mass is 32.2. The van der Waals surface area contributed by atoms with Crippen molar-refractivity contribution >= 4 is 25.3 Å². The molecule has 25 heavy (non-hydrogen) atoms. The van der Waals surface area contributed by atoms with E-state index in [4.69, 9.17) is 4.74 Å². The molecule has 150 valence electrons. The molecule has 0 radical (unpaired) electrons. The predicted molar refractivity (Wildman–Crippen MR) is 106 cm³/mol. The molecule has 4 N–H and O–H groups in total. The van der Waals surface area contributed by atoms with E-state index < -0.39 is 30.5 Å². The molecule has 1 aliphatic heterocycles. The maximum atomic E-state index is 9.97. The number of unbranched alkanes of at least 4 members (excludes halogenated alkanes) is 8. The van der Waals surface area contributed by atoms with E-state index in [1.165, 1.54) is 38.5 Å². The molecule has 1 aliphatic rings. The predicted octanol–water partition coefficient (Wildman–Crippen LogP) is 2.31. The zero-order valence-electron chi connectivity index (χ0n) is 15.0. The Morgan fingerprint density at radius 1 is 0.680 bits per heavy atom. The van der Waals surface area contributed by atoms with Crippen LogP contribution in [0.25, 0.3) is 0 Å². The lowest BCUT2D eigenvalue weighted by Crippen LogP contribution is -2.58. The highest BCUT2D eigenvalue weighted by Gasteiger charge is 2.42. The molecular formula is C18H36O5S2. The molecule has 7 heteroatoms. The Balaban J connectivity index is 2.00. The van der Waals surface area contributed by atoms with Gasteiger partial charge in [0, 0.05) is 4.58 Å². The monoisotopic (exact) mass is 396 g/mol. The average Bonchev–Trinajstić information content (AvgIpc) is 2.59. The molecule has 0 aromatic rings. The SMILES string of the molecule is OC[C@H]1OC(CCCCCCCCCCCC(S)S)[C@H](O)[C@@H](O)[C@@H]1O. The van der Waals surface area contributed by atoms with Crippen molar-refractivity contribution in [3.05, 3.63) is 0 Å². The Morgan fingerprint density at radius 3 is 1.68 bits per heavy atom. The average molecular weight is 397 g/mol. The molecule has 0 bridgehead atoms. The minimum Gasteiger partial charge on any atom is -0.394 e. The molecule has 0 spiro atoms. The summed E-state index contributed by atoms with van der Waals surface area (Å²) in [6, 6.07) is 0. The maximum absolute atomic E-state index is 9.97. The fourth-order valence-corrected chi connectivity index (χ4v) is 3.69. The Morgan fingerprint density at radius 2 is 1.16 bits per heavy atom. The molecule has 1 fully saturated rings. The molecule has 0 aromatic carbocycles. The first-order valence-electron chi connectivity index (χ1n) is 9.64. The molecule has 1 saturated heterocycles. The molecule has 0 aliphatic carbocycles. The molecule has 1 heterocycles. The van der Waals surface area contributed by atoms with Gasteiger partial charge < -0.3 is 25.2 Å². The van der Waals surface area contributed by atoms with Crippen LogP contribution in [0.4, 0.5) is 0 Å². The summed E-state index contributed by atoms with van der Waals surface area (Å²) < 4.78 is 5.72. The summed E-state index contributed by atoms with van der Waals surface area (Å²) in [6.07, 6.45) is 7.42. The van der Waals surface area contributed by atoms with Gasteiger partial charge in [-0.3, -0.25) is 0 Å². The van der Waals surface area contributed by atoms with Crippen LogP contribution in [0, 0.1) is 0 Å². The van der Waals surface area contributed by atoms with Gasteiger partial charge in [-0.15, -0.1) is 0 Å². The number of hydrogen-bond acceptors (Lipinski definition) is 7. The Bertz CT molecular complexity index is 331. The first kappa shape index (κ1) is 23.5. The first-order valence-corrected chi connectivity index (χ1v) is 10.7. The summed E-state index contributed by atoms with van der Waals surface area (Å²) in [5, 5.41) is 38.7. The number of aliphatic hydroxyl groups excluding tert-OH is 4. The first-order chi connectivity index (χ1) is 12.0. The lowest BCUT2D eigenvalue weighted by molar-refractivity contribution is -0.230. The van der Waals surface area contributed by atoms with Gasteiger partial charge in [-0.2, -0.15) is 25.3 Å². The molecule has 0 saturated carbocycles. The summed E-state index contributed by atoms with van der Waals surface area (Å²) in [4.78, 5) is 0. The van der Waals surface area contributed by atoms with Crippen LogP contribution in [0.1, 0.15) is 70.6 Å². The van der Waals surface area contributed by atoms with Gasteiger partial charge in [0.2, 0.25) is 0 Å². The maximum Gasteiger partial charge on any atom is 0.111 e. The van der Waals surface area contributed by atoms with Crippen LogP contribution < -0.4 is 0 Å². The van der Waals surface area contributed by atoms with Crippen LogP contribution in [0.3, 0.4) is 0 Å². The third kappa shape index (κ3) is 9.31. The van der Waals surface area contributed by atoms with Crippen molar-refractivity contribution < 1.29 is 25.2 Å². The second kappa shape index (κ2) is 13.6. The van der Waals surface area contributed by atoms with Crippen molar-refractivity contribution in [1.29, 1.82) is 0 Å². The van der Waals surface area contributed by atoms with E-state index in [1.807, 2.05) is 0 Å². The van der Waals surface area contributed by atoms with Crippen LogP contribution in [-0.4, -0.2) is 62.1 Å². The summed E-state index contributed by atoms with van der Waals surface area (Å²) in [5.74, 6) is 0. The number of aliphatic hydroxyl groups is 4. The van der Waals surface area contributed by atoms with E-state index >= 15 is 0 Å². The van der Waals surface area contributed by atoms with Crippen LogP contribution in [0.5, 0.6) is 0 Å². The molecule has 1 rings (SSSR count). The zero-order valence-corrected chi connectivity index (χ0v) is 16.8. The highest BCUT2D eigenvalue weighted by Crippen LogP contribution is 2.25. The number of thiol groups is 2. The number of hydrogen-bond donors (Lipinski definition) is 6. The Hall–Kier alpha value is 0.500. The lowest BCUT2D eigenvalue weighted by atomic mass is 9.92. The highest BCUT2D eigenvalue weighted by molar-refractivity contribution is 7.99. The van der Waals surface area contributed by atoms with Crippen molar-refractivity contribution in [2.75, 3.05) is 6.61 Å². The van der Waals surface area contributed by atoms with Crippen LogP contribution in [0.2, 0.25) is 0 Å². The summed E-state index contributed by atoms with van der Waals surface area (Å²) >= 11 is 8.51. The summed E-state index contributed by atoms with van der Waals surface area (Å²) in [6.45, 7) is -0.357. The zero-order chi connectivity index (χ0) is 18.7. The van der Waals surface area contributed by atoms with Crippen molar-refractivity contribution in [2.24, 2.45) is 0 Å². The number of rotatable bonds is 13. The van der Waals surface area contributed by atoms with E-state index in [9.17, 15) is 20.4 Å². The Labute approximate surface area is 163 Å². The van der Waals surface area contributed by atoms with Crippen molar-refractivity contribution in [2.45, 2.75) is 106 Å². The Kier molecular flexibility index (Phi) is 12.8. The van der Waals surface area contributed by atoms with Gasteiger partial charge in [-0.05, 0) is 12.8 Å². The molecular weight excluding hydrogens is 360 g/mol. The van der Waals surface area contributed by atoms with Gasteiger partial charge in [-0.1, -0.05) is 57.8 Å². The van der Waals surface area contributed by atoms with E-state index in [0.29, 0.717) is 6.42 Å². The van der Waals surface area contributed by atoms with Crippen molar-refractivity contribution in [1.82, 2.24) is 0 Å². The van der Waals surface area contributed by atoms with Crippen molar-refractivity contribution in [3.8, 4) is 0 Å². The largest absolute Gasteiger partial charge is 0.394 e. The normalized spacial score (nSPS) is 30.1. The topological polar surface area (TPSA) is 90.2 Å². The number of ether oxygens (including phenoxy) is 1. The van der Waals surface area contributed by atoms with E-state index in [2.05, 4.69) is 25.3 Å². The van der Waals surface area contributed by atoms with Crippen LogP contribution in [0.15, 0.2) is 0 Å². The van der Waals surface area contributed by atoms with Gasteiger partial charge >= 0.3 is 0 Å². The standard InChI is InChI=1S/C18H36O5S2/c19-12-14-17(21)18(22)16(20)13(23-14)10-8-6-4-2-1-3-5-7-9-11-15(24)25/h13-22,24-25H,1-12H2/t13?,14-,16+,17-,18-/m1/s1. The second-order valence-electron chi connectivity index (χ2n) is 7.11. The van der Waals surface area contributed by atoms with Crippen molar-refractivity contribution in [3.63, 3.8) is 0 Å². The van der Waals surface area contributed by atoms with Gasteiger partial charge in [0.1, 0.15) is 24.4 Å². The van der Waals surface area contributed by atoms with Gasteiger partial charge in [-0.25, -0.2) is 0 Å². The van der Waals surface area contributed by atoms with E-state index in [0.717, 1.165) is 25.7 Å². The minimum atomic E-state index is -1.25. The van der Waals surface area contributed by atoms with Crippen LogP contribution in [-0.2, 0) is 4.74 Å². The molecule has 0 amide bonds. The third-order valence-corrected chi connectivity index (χ3v) is 5.46. The fourth-order valence-electron chi connectivity index (χ4n) is 3.33. The van der Waals surface area contributed by atoms with Gasteiger partial charge in [0.15, 0.2) is 0 Å². The quantitative estimate of drug-likeness (QED) is 0.163.